The maximum Gasteiger partial charge on any atom is 0.262 e. The number of hydrogen-bond donors (Lipinski definition) is 2. The van der Waals surface area contributed by atoms with E-state index in [0.29, 0.717) is 5.75 Å². The first-order valence-corrected chi connectivity index (χ1v) is 8.27. The third-order valence-corrected chi connectivity index (χ3v) is 4.11. The van der Waals surface area contributed by atoms with E-state index in [4.69, 9.17) is 9.47 Å². The van der Waals surface area contributed by atoms with Crippen molar-refractivity contribution in [1.82, 2.24) is 5.32 Å². The third-order valence-electron chi connectivity index (χ3n) is 4.11. The van der Waals surface area contributed by atoms with Crippen molar-refractivity contribution in [2.75, 3.05) is 25.6 Å². The van der Waals surface area contributed by atoms with Gasteiger partial charge in [0.2, 0.25) is 0 Å². The Morgan fingerprint density at radius 2 is 2.16 bits per heavy atom. The number of rotatable bonds is 6. The zero-order valence-corrected chi connectivity index (χ0v) is 14.4. The summed E-state index contributed by atoms with van der Waals surface area (Å²) in [4.78, 5) is 11.4. The van der Waals surface area contributed by atoms with E-state index in [-0.39, 0.29) is 18.6 Å². The van der Waals surface area contributed by atoms with Crippen LogP contribution in [0.2, 0.25) is 0 Å². The van der Waals surface area contributed by atoms with Crippen LogP contribution < -0.4 is 20.1 Å². The summed E-state index contributed by atoms with van der Waals surface area (Å²) in [5.74, 6) is 1.45. The number of fused-ring (bicyclic) bond motifs is 1. The Morgan fingerprint density at radius 1 is 1.32 bits per heavy atom. The van der Waals surface area contributed by atoms with Crippen LogP contribution in [-0.2, 0) is 4.79 Å². The SMILES string of the molecule is COc1ccccc1/C=C\CN[C@H](C)c1ccc2c(c1)NC(=O)CO2. The number of benzene rings is 2. The fourth-order valence-corrected chi connectivity index (χ4v) is 2.72. The van der Waals surface area contributed by atoms with Crippen LogP contribution in [0.1, 0.15) is 24.1 Å². The van der Waals surface area contributed by atoms with Gasteiger partial charge < -0.3 is 20.1 Å². The summed E-state index contributed by atoms with van der Waals surface area (Å²) in [5.41, 5.74) is 2.87. The fourth-order valence-electron chi connectivity index (χ4n) is 2.72. The summed E-state index contributed by atoms with van der Waals surface area (Å²) < 4.78 is 10.7. The lowest BCUT2D eigenvalue weighted by Crippen LogP contribution is -2.26. The van der Waals surface area contributed by atoms with Gasteiger partial charge in [-0.3, -0.25) is 4.79 Å². The molecule has 0 radical (unpaired) electrons. The molecule has 0 spiro atoms. The summed E-state index contributed by atoms with van der Waals surface area (Å²) in [7, 11) is 1.67. The van der Waals surface area contributed by atoms with Crippen LogP contribution in [0.4, 0.5) is 5.69 Å². The molecule has 1 atom stereocenters. The zero-order chi connectivity index (χ0) is 17.6. The molecule has 1 aliphatic rings. The molecule has 0 aromatic heterocycles. The number of hydrogen-bond acceptors (Lipinski definition) is 4. The summed E-state index contributed by atoms with van der Waals surface area (Å²) in [6.07, 6.45) is 4.11. The van der Waals surface area contributed by atoms with E-state index >= 15 is 0 Å². The van der Waals surface area contributed by atoms with Crippen molar-refractivity contribution in [1.29, 1.82) is 0 Å². The van der Waals surface area contributed by atoms with E-state index in [1.165, 1.54) is 0 Å². The minimum absolute atomic E-state index is 0.0773. The number of nitrogens with one attached hydrogen (secondary N) is 2. The number of carbonyl (C=O) groups is 1. The van der Waals surface area contributed by atoms with Crippen molar-refractivity contribution in [3.63, 3.8) is 0 Å². The number of methoxy groups -OCH3 is 1. The smallest absolute Gasteiger partial charge is 0.262 e. The van der Waals surface area contributed by atoms with Crippen LogP contribution >= 0.6 is 0 Å². The van der Waals surface area contributed by atoms with Crippen LogP contribution in [0.25, 0.3) is 6.08 Å². The van der Waals surface area contributed by atoms with E-state index in [0.717, 1.165) is 29.1 Å². The molecule has 1 heterocycles. The topological polar surface area (TPSA) is 59.6 Å². The van der Waals surface area contributed by atoms with Crippen molar-refractivity contribution >= 4 is 17.7 Å². The first-order chi connectivity index (χ1) is 12.2. The van der Waals surface area contributed by atoms with Gasteiger partial charge in [0.1, 0.15) is 11.5 Å². The molecule has 2 aromatic carbocycles. The van der Waals surface area contributed by atoms with Crippen LogP contribution in [0.15, 0.2) is 48.5 Å². The molecular formula is C20H22N2O3. The van der Waals surface area contributed by atoms with Gasteiger partial charge >= 0.3 is 0 Å². The van der Waals surface area contributed by atoms with E-state index in [1.807, 2.05) is 48.5 Å². The molecule has 2 N–H and O–H groups in total. The first kappa shape index (κ1) is 17.0. The highest BCUT2D eigenvalue weighted by atomic mass is 16.5. The van der Waals surface area contributed by atoms with E-state index in [2.05, 4.69) is 23.6 Å². The van der Waals surface area contributed by atoms with Crippen molar-refractivity contribution in [3.8, 4) is 11.5 Å². The fraction of sp³-hybridized carbons (Fsp3) is 0.250. The molecule has 0 bridgehead atoms. The lowest BCUT2D eigenvalue weighted by molar-refractivity contribution is -0.118. The van der Waals surface area contributed by atoms with Gasteiger partial charge in [0.05, 0.1) is 12.8 Å². The molecule has 2 aromatic rings. The van der Waals surface area contributed by atoms with Crippen LogP contribution in [0.3, 0.4) is 0 Å². The van der Waals surface area contributed by atoms with Gasteiger partial charge in [-0.1, -0.05) is 36.4 Å². The Bertz CT molecular complexity index is 786. The molecule has 0 fully saturated rings. The molecule has 1 aliphatic heterocycles. The molecule has 3 rings (SSSR count). The normalized spacial score (nSPS) is 14.6. The van der Waals surface area contributed by atoms with Gasteiger partial charge in [-0.05, 0) is 30.7 Å². The standard InChI is InChI=1S/C20H22N2O3/c1-14(16-9-10-19-17(12-16)22-20(23)13-25-19)21-11-5-7-15-6-3-4-8-18(15)24-2/h3-10,12,14,21H,11,13H2,1-2H3,(H,22,23)/b7-5-/t14-/m1/s1. The van der Waals surface area contributed by atoms with E-state index < -0.39 is 0 Å². The van der Waals surface area contributed by atoms with Crippen molar-refractivity contribution in [2.45, 2.75) is 13.0 Å². The molecule has 5 nitrogen and oxygen atoms in total. The summed E-state index contributed by atoms with van der Waals surface area (Å²) in [5, 5.41) is 6.28. The maximum absolute atomic E-state index is 11.4. The van der Waals surface area contributed by atoms with Crippen molar-refractivity contribution in [3.05, 3.63) is 59.7 Å². The number of anilines is 1. The molecule has 0 saturated carbocycles. The minimum atomic E-state index is -0.120. The molecular weight excluding hydrogens is 316 g/mol. The lowest BCUT2D eigenvalue weighted by Gasteiger charge is -2.20. The summed E-state index contributed by atoms with van der Waals surface area (Å²) in [6.45, 7) is 2.89. The van der Waals surface area contributed by atoms with Crippen LogP contribution in [0.5, 0.6) is 11.5 Å². The van der Waals surface area contributed by atoms with Gasteiger partial charge in [-0.25, -0.2) is 0 Å². The number of amides is 1. The van der Waals surface area contributed by atoms with Gasteiger partial charge in [-0.2, -0.15) is 0 Å². The molecule has 0 saturated heterocycles. The number of carbonyl (C=O) groups excluding carboxylic acids is 1. The van der Waals surface area contributed by atoms with Gasteiger partial charge in [-0.15, -0.1) is 0 Å². The highest BCUT2D eigenvalue weighted by Crippen LogP contribution is 2.30. The second-order valence-corrected chi connectivity index (χ2v) is 5.87. The van der Waals surface area contributed by atoms with Gasteiger partial charge in [0.25, 0.3) is 5.91 Å². The molecule has 25 heavy (non-hydrogen) atoms. The minimum Gasteiger partial charge on any atom is -0.496 e. The highest BCUT2D eigenvalue weighted by molar-refractivity contribution is 5.95. The third kappa shape index (κ3) is 4.19. The Labute approximate surface area is 147 Å². The van der Waals surface area contributed by atoms with E-state index in [9.17, 15) is 4.79 Å². The second-order valence-electron chi connectivity index (χ2n) is 5.87. The second kappa shape index (κ2) is 7.85. The van der Waals surface area contributed by atoms with Crippen molar-refractivity contribution in [2.24, 2.45) is 0 Å². The van der Waals surface area contributed by atoms with Gasteiger partial charge in [0.15, 0.2) is 6.61 Å². The predicted molar refractivity (Wildman–Crippen MR) is 99.0 cm³/mol. The Kier molecular flexibility index (Phi) is 5.36. The Hall–Kier alpha value is -2.79. The Balaban J connectivity index is 1.59. The zero-order valence-electron chi connectivity index (χ0n) is 14.4. The van der Waals surface area contributed by atoms with Crippen molar-refractivity contribution < 1.29 is 14.3 Å². The summed E-state index contributed by atoms with van der Waals surface area (Å²) in [6, 6.07) is 13.9. The first-order valence-electron chi connectivity index (χ1n) is 8.27. The van der Waals surface area contributed by atoms with Crippen LogP contribution in [0, 0.1) is 0 Å². The van der Waals surface area contributed by atoms with Crippen LogP contribution in [-0.4, -0.2) is 26.2 Å². The quantitative estimate of drug-likeness (QED) is 0.848. The molecule has 5 heteroatoms. The molecule has 0 aliphatic carbocycles. The Morgan fingerprint density at radius 3 is 3.00 bits per heavy atom. The number of para-hydroxylation sites is 1. The predicted octanol–water partition coefficient (Wildman–Crippen LogP) is 3.39. The monoisotopic (exact) mass is 338 g/mol. The maximum atomic E-state index is 11.4. The highest BCUT2D eigenvalue weighted by Gasteiger charge is 2.17. The average Bonchev–Trinajstić information content (AvgIpc) is 2.64. The molecule has 1 amide bonds. The summed E-state index contributed by atoms with van der Waals surface area (Å²) >= 11 is 0. The molecule has 0 unspecified atom stereocenters. The average molecular weight is 338 g/mol. The number of ether oxygens (including phenoxy) is 2. The molecule has 130 valence electrons. The lowest BCUT2D eigenvalue weighted by atomic mass is 10.1. The largest absolute Gasteiger partial charge is 0.496 e. The van der Waals surface area contributed by atoms with E-state index in [1.54, 1.807) is 7.11 Å². The van der Waals surface area contributed by atoms with Gasteiger partial charge in [0, 0.05) is 18.2 Å².